The molecule has 4 rings (SSSR count). The van der Waals surface area contributed by atoms with Gasteiger partial charge in [-0.15, -0.1) is 0 Å². The van der Waals surface area contributed by atoms with E-state index < -0.39 is 23.9 Å². The first-order valence-electron chi connectivity index (χ1n) is 8.68. The average Bonchev–Trinajstić information content (AvgIpc) is 3.19. The first-order chi connectivity index (χ1) is 12.2. The highest BCUT2D eigenvalue weighted by Crippen LogP contribution is 2.48. The summed E-state index contributed by atoms with van der Waals surface area (Å²) in [6.45, 7) is 1.95. The summed E-state index contributed by atoms with van der Waals surface area (Å²) in [4.78, 5) is 4.30. The number of rotatable bonds is 3. The van der Waals surface area contributed by atoms with Crippen molar-refractivity contribution in [1.82, 2.24) is 14.8 Å². The highest BCUT2D eigenvalue weighted by atomic mass is 19.4. The Kier molecular flexibility index (Phi) is 3.92. The molecule has 2 aromatic heterocycles. The molecule has 0 saturated heterocycles. The molecule has 26 heavy (non-hydrogen) atoms. The van der Waals surface area contributed by atoms with Gasteiger partial charge in [0.15, 0.2) is 5.65 Å². The SMILES string of the molecule is Cc1nn(C)c2nc(NC[C@@H]3C[C@H]4C[C@@H]3[C@H](O)[C@@H]4O)cc(C(F)(F)F)c12. The molecule has 0 aromatic carbocycles. The third-order valence-electron chi connectivity index (χ3n) is 5.88. The number of anilines is 1. The summed E-state index contributed by atoms with van der Waals surface area (Å²) in [7, 11) is 1.57. The van der Waals surface area contributed by atoms with E-state index in [9.17, 15) is 23.4 Å². The molecule has 2 aliphatic carbocycles. The fraction of sp³-hybridized carbons (Fsp3) is 0.647. The van der Waals surface area contributed by atoms with E-state index in [2.05, 4.69) is 15.4 Å². The summed E-state index contributed by atoms with van der Waals surface area (Å²) in [5.74, 6) is 0.305. The average molecular weight is 370 g/mol. The quantitative estimate of drug-likeness (QED) is 0.771. The van der Waals surface area contributed by atoms with Gasteiger partial charge in [0.1, 0.15) is 5.82 Å². The normalized spacial score (nSPS) is 31.1. The number of hydrogen-bond acceptors (Lipinski definition) is 5. The molecule has 2 heterocycles. The molecule has 3 N–H and O–H groups in total. The van der Waals surface area contributed by atoms with Crippen molar-refractivity contribution in [3.63, 3.8) is 0 Å². The lowest BCUT2D eigenvalue weighted by atomic mass is 9.85. The minimum atomic E-state index is -4.50. The second-order valence-corrected chi connectivity index (χ2v) is 7.48. The Morgan fingerprint density at radius 3 is 2.62 bits per heavy atom. The van der Waals surface area contributed by atoms with Gasteiger partial charge in [-0.3, -0.25) is 4.68 Å². The maximum atomic E-state index is 13.5. The lowest BCUT2D eigenvalue weighted by molar-refractivity contribution is -0.136. The molecule has 0 aliphatic heterocycles. The number of halogens is 3. The Bertz CT molecular complexity index is 849. The van der Waals surface area contributed by atoms with Crippen molar-refractivity contribution in [2.45, 2.75) is 38.1 Å². The zero-order chi connectivity index (χ0) is 18.8. The van der Waals surface area contributed by atoms with Crippen LogP contribution in [-0.2, 0) is 13.2 Å². The first kappa shape index (κ1) is 17.5. The van der Waals surface area contributed by atoms with E-state index in [1.54, 1.807) is 7.05 Å². The Morgan fingerprint density at radius 1 is 1.27 bits per heavy atom. The monoisotopic (exact) mass is 370 g/mol. The van der Waals surface area contributed by atoms with E-state index in [1.807, 2.05) is 0 Å². The van der Waals surface area contributed by atoms with E-state index in [0.29, 0.717) is 12.2 Å². The number of fused-ring (bicyclic) bond motifs is 3. The third kappa shape index (κ3) is 2.64. The Balaban J connectivity index is 1.61. The molecular formula is C17H21F3N4O2. The predicted octanol–water partition coefficient (Wildman–Crippen LogP) is 2.09. The van der Waals surface area contributed by atoms with Gasteiger partial charge in [0, 0.05) is 13.6 Å². The van der Waals surface area contributed by atoms with Crippen LogP contribution in [0.4, 0.5) is 19.0 Å². The van der Waals surface area contributed by atoms with Crippen LogP contribution in [0, 0.1) is 24.7 Å². The van der Waals surface area contributed by atoms with Gasteiger partial charge in [0.2, 0.25) is 0 Å². The number of nitrogens with one attached hydrogen (secondary N) is 1. The van der Waals surface area contributed by atoms with E-state index in [-0.39, 0.29) is 34.6 Å². The van der Waals surface area contributed by atoms with Crippen LogP contribution in [0.3, 0.4) is 0 Å². The van der Waals surface area contributed by atoms with E-state index in [1.165, 1.54) is 11.6 Å². The minimum Gasteiger partial charge on any atom is -0.390 e. The van der Waals surface area contributed by atoms with Crippen molar-refractivity contribution in [2.75, 3.05) is 11.9 Å². The summed E-state index contributed by atoms with van der Waals surface area (Å²) in [5.41, 5.74) is -0.277. The number of aryl methyl sites for hydroxylation is 2. The maximum Gasteiger partial charge on any atom is 0.417 e. The zero-order valence-corrected chi connectivity index (χ0v) is 14.5. The molecule has 0 amide bonds. The number of aromatic nitrogens is 3. The van der Waals surface area contributed by atoms with Crippen LogP contribution in [0.1, 0.15) is 24.1 Å². The molecule has 2 bridgehead atoms. The fourth-order valence-electron chi connectivity index (χ4n) is 4.66. The van der Waals surface area contributed by atoms with Gasteiger partial charge in [-0.2, -0.15) is 18.3 Å². The highest BCUT2D eigenvalue weighted by Gasteiger charge is 2.51. The molecule has 5 atom stereocenters. The van der Waals surface area contributed by atoms with Crippen LogP contribution < -0.4 is 5.32 Å². The zero-order valence-electron chi connectivity index (χ0n) is 14.5. The third-order valence-corrected chi connectivity index (χ3v) is 5.88. The molecule has 2 aromatic rings. The van der Waals surface area contributed by atoms with Gasteiger partial charge in [0.25, 0.3) is 0 Å². The fourth-order valence-corrected chi connectivity index (χ4v) is 4.66. The molecule has 2 saturated carbocycles. The number of nitrogens with zero attached hydrogens (tertiary/aromatic N) is 3. The summed E-state index contributed by atoms with van der Waals surface area (Å²) >= 11 is 0. The number of aliphatic hydroxyl groups excluding tert-OH is 2. The van der Waals surface area contributed by atoms with Crippen molar-refractivity contribution < 1.29 is 23.4 Å². The summed E-state index contributed by atoms with van der Waals surface area (Å²) in [6, 6.07) is 1.02. The summed E-state index contributed by atoms with van der Waals surface area (Å²) in [5, 5.41) is 27.0. The summed E-state index contributed by atoms with van der Waals surface area (Å²) < 4.78 is 41.8. The van der Waals surface area contributed by atoms with Crippen LogP contribution in [0.15, 0.2) is 6.07 Å². The van der Waals surface area contributed by atoms with Gasteiger partial charge < -0.3 is 15.5 Å². The van der Waals surface area contributed by atoms with Crippen LogP contribution in [0.2, 0.25) is 0 Å². The van der Waals surface area contributed by atoms with E-state index in [0.717, 1.165) is 18.9 Å². The highest BCUT2D eigenvalue weighted by molar-refractivity contribution is 5.84. The van der Waals surface area contributed by atoms with E-state index >= 15 is 0 Å². The van der Waals surface area contributed by atoms with Crippen LogP contribution in [-0.4, -0.2) is 43.7 Å². The first-order valence-corrected chi connectivity index (χ1v) is 8.68. The van der Waals surface area contributed by atoms with Crippen molar-refractivity contribution in [3.05, 3.63) is 17.3 Å². The van der Waals surface area contributed by atoms with Gasteiger partial charge in [0.05, 0.1) is 28.9 Å². The molecule has 2 fully saturated rings. The maximum absolute atomic E-state index is 13.5. The van der Waals surface area contributed by atoms with Gasteiger partial charge in [-0.25, -0.2) is 4.98 Å². The van der Waals surface area contributed by atoms with Crippen LogP contribution in [0.25, 0.3) is 11.0 Å². The largest absolute Gasteiger partial charge is 0.417 e. The molecule has 142 valence electrons. The molecule has 6 nitrogen and oxygen atoms in total. The summed E-state index contributed by atoms with van der Waals surface area (Å²) in [6.07, 6.45) is -4.41. The number of pyridine rings is 1. The van der Waals surface area contributed by atoms with Crippen molar-refractivity contribution in [2.24, 2.45) is 24.8 Å². The molecule has 2 aliphatic rings. The van der Waals surface area contributed by atoms with Gasteiger partial charge >= 0.3 is 6.18 Å². The van der Waals surface area contributed by atoms with Crippen LogP contribution >= 0.6 is 0 Å². The Labute approximate surface area is 148 Å². The van der Waals surface area contributed by atoms with Crippen molar-refractivity contribution >= 4 is 16.9 Å². The topological polar surface area (TPSA) is 83.2 Å². The Morgan fingerprint density at radius 2 is 2.00 bits per heavy atom. The lowest BCUT2D eigenvalue weighted by Gasteiger charge is -2.30. The standard InChI is InChI=1S/C17H21F3N4O2/c1-7-13-11(17(18,19)20)5-12(22-16(13)24(2)23-7)21-6-9-3-8-4-10(9)15(26)14(8)25/h5,8-10,14-15,25-26H,3-4,6H2,1-2H3,(H,21,22)/t8-,9-,10-,14+,15-/m0/s1. The van der Waals surface area contributed by atoms with Crippen molar-refractivity contribution in [1.29, 1.82) is 0 Å². The van der Waals surface area contributed by atoms with E-state index in [4.69, 9.17) is 0 Å². The molecule has 9 heteroatoms. The van der Waals surface area contributed by atoms with Crippen LogP contribution in [0.5, 0.6) is 0 Å². The molecule has 0 radical (unpaired) electrons. The molecule has 0 unspecified atom stereocenters. The molecule has 0 spiro atoms. The number of hydrogen-bond donors (Lipinski definition) is 3. The number of aliphatic hydroxyl groups is 2. The predicted molar refractivity (Wildman–Crippen MR) is 88.5 cm³/mol. The van der Waals surface area contributed by atoms with Crippen molar-refractivity contribution in [3.8, 4) is 0 Å². The smallest absolute Gasteiger partial charge is 0.390 e. The second kappa shape index (κ2) is 5.82. The Hall–Kier alpha value is -1.87. The number of alkyl halides is 3. The van der Waals surface area contributed by atoms with Gasteiger partial charge in [-0.1, -0.05) is 0 Å². The lowest BCUT2D eigenvalue weighted by Crippen LogP contribution is -2.38. The molecular weight excluding hydrogens is 349 g/mol. The van der Waals surface area contributed by atoms with Gasteiger partial charge in [-0.05, 0) is 43.6 Å². The minimum absolute atomic E-state index is 0.0176. The second-order valence-electron chi connectivity index (χ2n) is 7.48.